The first-order valence-electron chi connectivity index (χ1n) is 6.34. The van der Waals surface area contributed by atoms with Crippen LogP contribution in [0.4, 0.5) is 11.4 Å². The smallest absolute Gasteiger partial charge is 0.273 e. The van der Waals surface area contributed by atoms with Crippen molar-refractivity contribution in [2.24, 2.45) is 0 Å². The predicted octanol–water partition coefficient (Wildman–Crippen LogP) is 4.01. The first kappa shape index (κ1) is 13.1. The Morgan fingerprint density at radius 1 is 1.15 bits per heavy atom. The highest BCUT2D eigenvalue weighted by Gasteiger charge is 2.21. The fraction of sp³-hybridized carbons (Fsp3) is 0.200. The molecule has 0 saturated carbocycles. The normalized spacial score (nSPS) is 13.3. The molecule has 1 aliphatic rings. The summed E-state index contributed by atoms with van der Waals surface area (Å²) in [7, 11) is 0. The SMILES string of the molecule is O=[N+]([O-])c1ccc(N2Cc3ccccc3C2)cc1CBr. The molecule has 0 aromatic heterocycles. The van der Waals surface area contributed by atoms with Crippen molar-refractivity contribution in [3.63, 3.8) is 0 Å². The number of hydrogen-bond donors (Lipinski definition) is 0. The minimum atomic E-state index is -0.334. The molecule has 0 radical (unpaired) electrons. The van der Waals surface area contributed by atoms with E-state index in [9.17, 15) is 10.1 Å². The monoisotopic (exact) mass is 332 g/mol. The molecule has 0 saturated heterocycles. The van der Waals surface area contributed by atoms with Gasteiger partial charge in [-0.05, 0) is 23.3 Å². The van der Waals surface area contributed by atoms with Gasteiger partial charge >= 0.3 is 0 Å². The number of fused-ring (bicyclic) bond motifs is 1. The third kappa shape index (κ3) is 2.29. The summed E-state index contributed by atoms with van der Waals surface area (Å²) in [5.41, 5.74) is 4.56. The zero-order chi connectivity index (χ0) is 14.1. The summed E-state index contributed by atoms with van der Waals surface area (Å²) in [6.45, 7) is 1.71. The molecular formula is C15H13BrN2O2. The van der Waals surface area contributed by atoms with Gasteiger partial charge in [-0.2, -0.15) is 0 Å². The average molecular weight is 333 g/mol. The van der Waals surface area contributed by atoms with E-state index in [1.54, 1.807) is 6.07 Å². The van der Waals surface area contributed by atoms with Crippen LogP contribution < -0.4 is 4.90 Å². The molecule has 102 valence electrons. The quantitative estimate of drug-likeness (QED) is 0.484. The summed E-state index contributed by atoms with van der Waals surface area (Å²) in [5, 5.41) is 11.4. The van der Waals surface area contributed by atoms with Gasteiger partial charge in [0.25, 0.3) is 5.69 Å². The standard InChI is InChI=1S/C15H13BrN2O2/c16-8-13-7-14(5-6-15(13)18(19)20)17-9-11-3-1-2-4-12(11)10-17/h1-7H,8-10H2. The molecule has 20 heavy (non-hydrogen) atoms. The van der Waals surface area contributed by atoms with Gasteiger partial charge in [0.15, 0.2) is 0 Å². The number of nitro groups is 1. The van der Waals surface area contributed by atoms with E-state index in [1.165, 1.54) is 11.1 Å². The van der Waals surface area contributed by atoms with Gasteiger partial charge in [-0.3, -0.25) is 10.1 Å². The van der Waals surface area contributed by atoms with E-state index < -0.39 is 0 Å². The lowest BCUT2D eigenvalue weighted by atomic mass is 10.1. The lowest BCUT2D eigenvalue weighted by molar-refractivity contribution is -0.385. The van der Waals surface area contributed by atoms with Crippen molar-refractivity contribution in [2.75, 3.05) is 4.90 Å². The van der Waals surface area contributed by atoms with Crippen LogP contribution in [0.5, 0.6) is 0 Å². The molecule has 2 aromatic carbocycles. The van der Waals surface area contributed by atoms with E-state index in [2.05, 4.69) is 33.0 Å². The zero-order valence-corrected chi connectivity index (χ0v) is 12.3. The van der Waals surface area contributed by atoms with Crippen molar-refractivity contribution in [3.8, 4) is 0 Å². The lowest BCUT2D eigenvalue weighted by Gasteiger charge is -2.18. The molecule has 1 aliphatic heterocycles. The van der Waals surface area contributed by atoms with Crippen LogP contribution >= 0.6 is 15.9 Å². The Kier molecular flexibility index (Phi) is 3.44. The third-order valence-corrected chi connectivity index (χ3v) is 4.21. The topological polar surface area (TPSA) is 46.4 Å². The molecule has 0 N–H and O–H groups in total. The van der Waals surface area contributed by atoms with Crippen LogP contribution in [0.1, 0.15) is 16.7 Å². The zero-order valence-electron chi connectivity index (χ0n) is 10.8. The maximum Gasteiger partial charge on any atom is 0.273 e. The number of nitro benzene ring substituents is 1. The molecule has 0 spiro atoms. The summed E-state index contributed by atoms with van der Waals surface area (Å²) in [4.78, 5) is 12.9. The Bertz CT molecular complexity index is 648. The maximum atomic E-state index is 11.0. The van der Waals surface area contributed by atoms with E-state index >= 15 is 0 Å². The number of alkyl halides is 1. The Hall–Kier alpha value is -1.88. The Morgan fingerprint density at radius 2 is 1.80 bits per heavy atom. The van der Waals surface area contributed by atoms with Crippen molar-refractivity contribution >= 4 is 27.3 Å². The first-order valence-corrected chi connectivity index (χ1v) is 7.46. The second-order valence-corrected chi connectivity index (χ2v) is 5.39. The molecule has 3 rings (SSSR count). The van der Waals surface area contributed by atoms with E-state index in [0.29, 0.717) is 10.9 Å². The van der Waals surface area contributed by atoms with Gasteiger partial charge in [0.2, 0.25) is 0 Å². The van der Waals surface area contributed by atoms with Gasteiger partial charge in [-0.15, -0.1) is 0 Å². The minimum absolute atomic E-state index is 0.169. The predicted molar refractivity (Wildman–Crippen MR) is 82.1 cm³/mol. The number of rotatable bonds is 3. The van der Waals surface area contributed by atoms with Crippen LogP contribution in [0.15, 0.2) is 42.5 Å². The van der Waals surface area contributed by atoms with Crippen molar-refractivity contribution in [3.05, 3.63) is 69.3 Å². The largest absolute Gasteiger partial charge is 0.363 e. The van der Waals surface area contributed by atoms with E-state index in [1.807, 2.05) is 24.3 Å². The van der Waals surface area contributed by atoms with Gasteiger partial charge in [0, 0.05) is 35.7 Å². The second kappa shape index (κ2) is 5.25. The summed E-state index contributed by atoms with van der Waals surface area (Å²) in [6, 6.07) is 13.7. The van der Waals surface area contributed by atoms with E-state index in [0.717, 1.165) is 18.8 Å². The lowest BCUT2D eigenvalue weighted by Crippen LogP contribution is -2.14. The van der Waals surface area contributed by atoms with Gasteiger partial charge in [-0.1, -0.05) is 40.2 Å². The van der Waals surface area contributed by atoms with E-state index in [-0.39, 0.29) is 10.6 Å². The second-order valence-electron chi connectivity index (χ2n) is 4.83. The Labute approximate surface area is 125 Å². The highest BCUT2D eigenvalue weighted by Crippen LogP contribution is 2.32. The molecule has 0 bridgehead atoms. The summed E-state index contributed by atoms with van der Waals surface area (Å²) < 4.78 is 0. The van der Waals surface area contributed by atoms with E-state index in [4.69, 9.17) is 0 Å². The van der Waals surface area contributed by atoms with Crippen molar-refractivity contribution in [1.82, 2.24) is 0 Å². The number of hydrogen-bond acceptors (Lipinski definition) is 3. The number of nitrogens with zero attached hydrogens (tertiary/aromatic N) is 2. The Morgan fingerprint density at radius 3 is 2.35 bits per heavy atom. The summed E-state index contributed by atoms with van der Waals surface area (Å²) in [6.07, 6.45) is 0. The van der Waals surface area contributed by atoms with Crippen LogP contribution in [0.2, 0.25) is 0 Å². The summed E-state index contributed by atoms with van der Waals surface area (Å²) in [5.74, 6) is 0. The van der Waals surface area contributed by atoms with Gasteiger partial charge in [-0.25, -0.2) is 0 Å². The fourth-order valence-electron chi connectivity index (χ4n) is 2.57. The van der Waals surface area contributed by atoms with Crippen molar-refractivity contribution in [1.29, 1.82) is 0 Å². The van der Waals surface area contributed by atoms with Crippen LogP contribution in [0, 0.1) is 10.1 Å². The molecule has 0 unspecified atom stereocenters. The molecule has 4 nitrogen and oxygen atoms in total. The third-order valence-electron chi connectivity index (χ3n) is 3.61. The van der Waals surface area contributed by atoms with Gasteiger partial charge < -0.3 is 4.90 Å². The van der Waals surface area contributed by atoms with Gasteiger partial charge in [0.05, 0.1) is 4.92 Å². The molecule has 0 aliphatic carbocycles. The maximum absolute atomic E-state index is 11.0. The minimum Gasteiger partial charge on any atom is -0.363 e. The number of halogens is 1. The van der Waals surface area contributed by atoms with Crippen LogP contribution in [-0.2, 0) is 18.4 Å². The van der Waals surface area contributed by atoms with Crippen LogP contribution in [0.3, 0.4) is 0 Å². The average Bonchev–Trinajstić information content (AvgIpc) is 2.90. The van der Waals surface area contributed by atoms with Crippen LogP contribution in [-0.4, -0.2) is 4.92 Å². The van der Waals surface area contributed by atoms with Crippen LogP contribution in [0.25, 0.3) is 0 Å². The van der Waals surface area contributed by atoms with Crippen molar-refractivity contribution in [2.45, 2.75) is 18.4 Å². The molecule has 0 amide bonds. The highest BCUT2D eigenvalue weighted by molar-refractivity contribution is 9.08. The number of anilines is 1. The number of benzene rings is 2. The molecule has 0 atom stereocenters. The van der Waals surface area contributed by atoms with Gasteiger partial charge in [0.1, 0.15) is 0 Å². The fourth-order valence-corrected chi connectivity index (χ4v) is 3.02. The molecular weight excluding hydrogens is 320 g/mol. The molecule has 2 aromatic rings. The Balaban J connectivity index is 1.91. The molecule has 0 fully saturated rings. The highest BCUT2D eigenvalue weighted by atomic mass is 79.9. The first-order chi connectivity index (χ1) is 9.69. The van der Waals surface area contributed by atoms with Crippen molar-refractivity contribution < 1.29 is 4.92 Å². The summed E-state index contributed by atoms with van der Waals surface area (Å²) >= 11 is 3.32. The molecule has 1 heterocycles. The molecule has 5 heteroatoms.